The maximum Gasteiger partial charge on any atom is 0.325 e. The number of carbonyl (C=O) groups excluding carboxylic acids is 1. The van der Waals surface area contributed by atoms with E-state index in [0.717, 1.165) is 12.8 Å². The first kappa shape index (κ1) is 13.5. The van der Waals surface area contributed by atoms with Crippen molar-refractivity contribution in [1.82, 2.24) is 20.1 Å². The lowest BCUT2D eigenvalue weighted by molar-refractivity contribution is -0.142. The van der Waals surface area contributed by atoms with Crippen LogP contribution in [0.1, 0.15) is 36.2 Å². The Morgan fingerprint density at radius 1 is 1.58 bits per heavy atom. The van der Waals surface area contributed by atoms with E-state index in [4.69, 9.17) is 10.8 Å². The molecule has 19 heavy (non-hydrogen) atoms. The average molecular weight is 267 g/mol. The Morgan fingerprint density at radius 2 is 2.32 bits per heavy atom. The predicted molar refractivity (Wildman–Crippen MR) is 65.5 cm³/mol. The van der Waals surface area contributed by atoms with Crippen LogP contribution in [-0.4, -0.2) is 55.7 Å². The number of aryl methyl sites for hydroxylation is 1. The SMILES string of the molecule is CCCc1nc(C(=O)N2CCC(N)(C(=O)O)C2)n[nH]1. The summed E-state index contributed by atoms with van der Waals surface area (Å²) >= 11 is 0. The average Bonchev–Trinajstić information content (AvgIpc) is 2.97. The number of hydrogen-bond acceptors (Lipinski definition) is 5. The first-order valence-corrected chi connectivity index (χ1v) is 6.19. The number of nitrogens with zero attached hydrogens (tertiary/aromatic N) is 3. The van der Waals surface area contributed by atoms with Crippen LogP contribution < -0.4 is 5.73 Å². The lowest BCUT2D eigenvalue weighted by Gasteiger charge is -2.18. The van der Waals surface area contributed by atoms with Crippen molar-refractivity contribution < 1.29 is 14.7 Å². The number of carboxylic acids is 1. The second-order valence-corrected chi connectivity index (χ2v) is 4.79. The third kappa shape index (κ3) is 2.58. The Morgan fingerprint density at radius 3 is 2.89 bits per heavy atom. The van der Waals surface area contributed by atoms with Crippen molar-refractivity contribution in [1.29, 1.82) is 0 Å². The molecule has 1 atom stereocenters. The fraction of sp³-hybridized carbons (Fsp3) is 0.636. The van der Waals surface area contributed by atoms with Crippen molar-refractivity contribution in [3.63, 3.8) is 0 Å². The number of carboxylic acid groups (broad SMARTS) is 1. The monoisotopic (exact) mass is 267 g/mol. The minimum absolute atomic E-state index is 0.0151. The molecule has 2 heterocycles. The number of hydrogen-bond donors (Lipinski definition) is 3. The van der Waals surface area contributed by atoms with Crippen molar-refractivity contribution in [3.8, 4) is 0 Å². The van der Waals surface area contributed by atoms with Gasteiger partial charge in [-0.15, -0.1) is 5.10 Å². The predicted octanol–water partition coefficient (Wildman–Crippen LogP) is -0.615. The summed E-state index contributed by atoms with van der Waals surface area (Å²) in [6, 6.07) is 0. The zero-order valence-electron chi connectivity index (χ0n) is 10.7. The van der Waals surface area contributed by atoms with Crippen LogP contribution in [-0.2, 0) is 11.2 Å². The molecule has 0 bridgehead atoms. The number of amides is 1. The number of aliphatic carboxylic acids is 1. The number of nitrogens with two attached hydrogens (primary N) is 1. The van der Waals surface area contributed by atoms with Gasteiger partial charge < -0.3 is 15.7 Å². The fourth-order valence-electron chi connectivity index (χ4n) is 2.06. The highest BCUT2D eigenvalue weighted by molar-refractivity contribution is 5.92. The van der Waals surface area contributed by atoms with Gasteiger partial charge in [0.15, 0.2) is 0 Å². The highest BCUT2D eigenvalue weighted by atomic mass is 16.4. The van der Waals surface area contributed by atoms with Gasteiger partial charge in [-0.2, -0.15) is 0 Å². The molecule has 4 N–H and O–H groups in total. The van der Waals surface area contributed by atoms with Crippen molar-refractivity contribution >= 4 is 11.9 Å². The molecule has 104 valence electrons. The number of rotatable bonds is 4. The highest BCUT2D eigenvalue weighted by Gasteiger charge is 2.43. The smallest absolute Gasteiger partial charge is 0.325 e. The summed E-state index contributed by atoms with van der Waals surface area (Å²) in [5.74, 6) is -0.753. The summed E-state index contributed by atoms with van der Waals surface area (Å²) in [5, 5.41) is 15.6. The first-order valence-electron chi connectivity index (χ1n) is 6.19. The van der Waals surface area contributed by atoms with Gasteiger partial charge in [-0.3, -0.25) is 14.7 Å². The van der Waals surface area contributed by atoms with Gasteiger partial charge in [0.25, 0.3) is 5.91 Å². The standard InChI is InChI=1S/C11H17N5O3/c1-2-3-7-13-8(15-14-7)9(17)16-5-4-11(12,6-16)10(18)19/h2-6,12H2,1H3,(H,18,19)(H,13,14,15). The van der Waals surface area contributed by atoms with Gasteiger partial charge in [0, 0.05) is 19.5 Å². The molecule has 8 nitrogen and oxygen atoms in total. The summed E-state index contributed by atoms with van der Waals surface area (Å²) in [4.78, 5) is 28.6. The van der Waals surface area contributed by atoms with Crippen LogP contribution in [0.25, 0.3) is 0 Å². The number of nitrogens with one attached hydrogen (secondary N) is 1. The lowest BCUT2D eigenvalue weighted by atomic mass is 10.0. The van der Waals surface area contributed by atoms with E-state index >= 15 is 0 Å². The molecule has 2 rings (SSSR count). The van der Waals surface area contributed by atoms with Crippen LogP contribution >= 0.6 is 0 Å². The van der Waals surface area contributed by atoms with Gasteiger partial charge in [-0.1, -0.05) is 6.92 Å². The molecule has 0 aromatic carbocycles. The number of carbonyl (C=O) groups is 2. The molecule has 0 radical (unpaired) electrons. The summed E-state index contributed by atoms with van der Waals surface area (Å²) in [6.45, 7) is 2.29. The van der Waals surface area contributed by atoms with Gasteiger partial charge in [-0.25, -0.2) is 4.98 Å². The van der Waals surface area contributed by atoms with Gasteiger partial charge >= 0.3 is 5.97 Å². The van der Waals surface area contributed by atoms with Gasteiger partial charge in [-0.05, 0) is 12.8 Å². The third-order valence-electron chi connectivity index (χ3n) is 3.22. The molecule has 1 saturated heterocycles. The molecule has 1 aromatic heterocycles. The van der Waals surface area contributed by atoms with E-state index in [1.54, 1.807) is 0 Å². The molecule has 1 amide bonds. The second-order valence-electron chi connectivity index (χ2n) is 4.79. The minimum Gasteiger partial charge on any atom is -0.480 e. The molecular weight excluding hydrogens is 250 g/mol. The van der Waals surface area contributed by atoms with Crippen LogP contribution in [0, 0.1) is 0 Å². The Balaban J connectivity index is 2.06. The summed E-state index contributed by atoms with van der Waals surface area (Å²) in [6.07, 6.45) is 1.86. The van der Waals surface area contributed by atoms with Gasteiger partial charge in [0.1, 0.15) is 11.4 Å². The number of aromatic nitrogens is 3. The molecule has 1 unspecified atom stereocenters. The first-order chi connectivity index (χ1) is 8.96. The van der Waals surface area contributed by atoms with Crippen LogP contribution in [0.4, 0.5) is 0 Å². The van der Waals surface area contributed by atoms with Crippen molar-refractivity contribution in [2.45, 2.75) is 31.7 Å². The maximum absolute atomic E-state index is 12.1. The Labute approximate surface area is 110 Å². The molecule has 1 aliphatic rings. The number of likely N-dealkylation sites (tertiary alicyclic amines) is 1. The molecule has 1 fully saturated rings. The van der Waals surface area contributed by atoms with Gasteiger partial charge in [0.2, 0.25) is 5.82 Å². The minimum atomic E-state index is -1.36. The summed E-state index contributed by atoms with van der Waals surface area (Å²) in [5.41, 5.74) is 4.36. The normalized spacial score (nSPS) is 22.7. The van der Waals surface area contributed by atoms with Crippen molar-refractivity contribution in [2.75, 3.05) is 13.1 Å². The van der Waals surface area contributed by atoms with E-state index in [9.17, 15) is 9.59 Å². The molecule has 0 aliphatic carbocycles. The van der Waals surface area contributed by atoms with Gasteiger partial charge in [0.05, 0.1) is 0 Å². The largest absolute Gasteiger partial charge is 0.480 e. The van der Waals surface area contributed by atoms with E-state index in [0.29, 0.717) is 12.4 Å². The second kappa shape index (κ2) is 4.96. The Hall–Kier alpha value is -1.96. The van der Waals surface area contributed by atoms with Crippen LogP contribution in [0.15, 0.2) is 0 Å². The molecule has 1 aromatic rings. The zero-order chi connectivity index (χ0) is 14.0. The summed E-state index contributed by atoms with van der Waals surface area (Å²) < 4.78 is 0. The van der Waals surface area contributed by atoms with E-state index < -0.39 is 11.5 Å². The molecular formula is C11H17N5O3. The van der Waals surface area contributed by atoms with Crippen LogP contribution in [0.2, 0.25) is 0 Å². The topological polar surface area (TPSA) is 125 Å². The maximum atomic E-state index is 12.1. The third-order valence-corrected chi connectivity index (χ3v) is 3.22. The number of aromatic amines is 1. The molecule has 8 heteroatoms. The highest BCUT2D eigenvalue weighted by Crippen LogP contribution is 2.20. The van der Waals surface area contributed by atoms with Crippen molar-refractivity contribution in [3.05, 3.63) is 11.6 Å². The fourth-order valence-corrected chi connectivity index (χ4v) is 2.06. The Bertz CT molecular complexity index is 500. The van der Waals surface area contributed by atoms with Crippen LogP contribution in [0.5, 0.6) is 0 Å². The lowest BCUT2D eigenvalue weighted by Crippen LogP contribution is -2.50. The van der Waals surface area contributed by atoms with E-state index in [-0.39, 0.29) is 24.7 Å². The summed E-state index contributed by atoms with van der Waals surface area (Å²) in [7, 11) is 0. The number of H-pyrrole nitrogens is 1. The van der Waals surface area contributed by atoms with Crippen molar-refractivity contribution in [2.24, 2.45) is 5.73 Å². The molecule has 1 aliphatic heterocycles. The quantitative estimate of drug-likeness (QED) is 0.668. The van der Waals surface area contributed by atoms with Crippen LogP contribution in [0.3, 0.4) is 0 Å². The van der Waals surface area contributed by atoms with E-state index in [1.165, 1.54) is 4.90 Å². The molecule has 0 saturated carbocycles. The Kier molecular flexibility index (Phi) is 3.52. The molecule has 0 spiro atoms. The van der Waals surface area contributed by atoms with E-state index in [1.807, 2.05) is 6.92 Å². The zero-order valence-corrected chi connectivity index (χ0v) is 10.7. The van der Waals surface area contributed by atoms with E-state index in [2.05, 4.69) is 15.2 Å².